The van der Waals surface area contributed by atoms with Crippen molar-refractivity contribution < 1.29 is 14.7 Å². The standard InChI is InChI=1S/C15H16N2O3S/c18-13-9-21-14(16-15(19)20)17(13)12-4-2-1-3-11(12)8-7-10-5-6-10/h1-4,10H,5-9H2,(H,19,20). The lowest BCUT2D eigenvalue weighted by atomic mass is 10.0. The average molecular weight is 304 g/mol. The van der Waals surface area contributed by atoms with Crippen LogP contribution in [-0.2, 0) is 11.2 Å². The first-order valence-corrected chi connectivity index (χ1v) is 7.99. The second-order valence-electron chi connectivity index (χ2n) is 5.31. The second-order valence-corrected chi connectivity index (χ2v) is 6.25. The topological polar surface area (TPSA) is 70.0 Å². The van der Waals surface area contributed by atoms with Crippen molar-refractivity contribution in [1.82, 2.24) is 0 Å². The lowest BCUT2D eigenvalue weighted by Crippen LogP contribution is -2.30. The Bertz CT molecular complexity index is 611. The van der Waals surface area contributed by atoms with E-state index in [1.165, 1.54) is 29.5 Å². The second kappa shape index (κ2) is 5.89. The van der Waals surface area contributed by atoms with Crippen molar-refractivity contribution in [2.24, 2.45) is 10.9 Å². The first kappa shape index (κ1) is 14.1. The number of carboxylic acid groups (broad SMARTS) is 1. The zero-order chi connectivity index (χ0) is 14.8. The van der Waals surface area contributed by atoms with E-state index in [1.54, 1.807) is 0 Å². The molecule has 1 aromatic rings. The van der Waals surface area contributed by atoms with E-state index in [0.717, 1.165) is 30.0 Å². The number of benzene rings is 1. The maximum absolute atomic E-state index is 12.1. The van der Waals surface area contributed by atoms with Crippen LogP contribution in [0.1, 0.15) is 24.8 Å². The number of thioether (sulfide) groups is 1. The number of amidine groups is 1. The van der Waals surface area contributed by atoms with Crippen molar-refractivity contribution in [3.05, 3.63) is 29.8 Å². The Labute approximate surface area is 127 Å². The first-order valence-electron chi connectivity index (χ1n) is 7.00. The van der Waals surface area contributed by atoms with E-state index in [0.29, 0.717) is 0 Å². The molecule has 110 valence electrons. The highest BCUT2D eigenvalue weighted by Crippen LogP contribution is 2.36. The predicted molar refractivity (Wildman–Crippen MR) is 82.9 cm³/mol. The highest BCUT2D eigenvalue weighted by atomic mass is 32.2. The third kappa shape index (κ3) is 3.26. The Morgan fingerprint density at radius 1 is 1.38 bits per heavy atom. The molecule has 21 heavy (non-hydrogen) atoms. The summed E-state index contributed by atoms with van der Waals surface area (Å²) in [4.78, 5) is 27.9. The fraction of sp³-hybridized carbons (Fsp3) is 0.400. The largest absolute Gasteiger partial charge is 0.463 e. The minimum Gasteiger partial charge on any atom is -0.463 e. The fourth-order valence-corrected chi connectivity index (χ4v) is 3.32. The molecule has 2 fully saturated rings. The number of anilines is 1. The molecule has 6 heteroatoms. The molecule has 3 rings (SSSR count). The van der Waals surface area contributed by atoms with Crippen LogP contribution in [0.25, 0.3) is 0 Å². The van der Waals surface area contributed by atoms with Crippen LogP contribution in [0.3, 0.4) is 0 Å². The molecule has 5 nitrogen and oxygen atoms in total. The molecule has 1 aliphatic carbocycles. The van der Waals surface area contributed by atoms with Gasteiger partial charge in [-0.05, 0) is 30.4 Å². The van der Waals surface area contributed by atoms with Gasteiger partial charge in [0, 0.05) is 0 Å². The summed E-state index contributed by atoms with van der Waals surface area (Å²) in [7, 11) is 0. The number of rotatable bonds is 4. The van der Waals surface area contributed by atoms with Crippen LogP contribution in [0, 0.1) is 5.92 Å². The number of carbonyl (C=O) groups is 2. The molecule has 0 unspecified atom stereocenters. The van der Waals surface area contributed by atoms with Gasteiger partial charge in [0.05, 0.1) is 11.4 Å². The summed E-state index contributed by atoms with van der Waals surface area (Å²) in [5.74, 6) is 0.941. The lowest BCUT2D eigenvalue weighted by Gasteiger charge is -2.19. The molecular weight excluding hydrogens is 288 g/mol. The number of amides is 2. The molecule has 0 bridgehead atoms. The van der Waals surface area contributed by atoms with Crippen LogP contribution in [-0.4, -0.2) is 28.0 Å². The molecule has 1 saturated heterocycles. The van der Waals surface area contributed by atoms with Gasteiger partial charge in [-0.2, -0.15) is 4.99 Å². The Morgan fingerprint density at radius 3 is 2.86 bits per heavy atom. The molecule has 2 aliphatic rings. The molecule has 1 heterocycles. The van der Waals surface area contributed by atoms with Gasteiger partial charge < -0.3 is 5.11 Å². The molecule has 1 N–H and O–H groups in total. The number of aliphatic imine (C=N–C) groups is 1. The van der Waals surface area contributed by atoms with Crippen LogP contribution in [0.15, 0.2) is 29.3 Å². The smallest absolute Gasteiger partial charge is 0.433 e. The zero-order valence-electron chi connectivity index (χ0n) is 11.5. The Balaban J connectivity index is 1.89. The van der Waals surface area contributed by atoms with Gasteiger partial charge in [-0.3, -0.25) is 9.69 Å². The minimum atomic E-state index is -1.27. The summed E-state index contributed by atoms with van der Waals surface area (Å²) in [6.45, 7) is 0. The summed E-state index contributed by atoms with van der Waals surface area (Å²) < 4.78 is 0. The van der Waals surface area contributed by atoms with Crippen molar-refractivity contribution in [3.8, 4) is 0 Å². The fourth-order valence-electron chi connectivity index (χ4n) is 2.47. The van der Waals surface area contributed by atoms with Crippen molar-refractivity contribution in [3.63, 3.8) is 0 Å². The van der Waals surface area contributed by atoms with Crippen molar-refractivity contribution >= 4 is 34.6 Å². The van der Waals surface area contributed by atoms with E-state index >= 15 is 0 Å². The van der Waals surface area contributed by atoms with Gasteiger partial charge in [0.1, 0.15) is 0 Å². The maximum Gasteiger partial charge on any atom is 0.433 e. The van der Waals surface area contributed by atoms with Crippen molar-refractivity contribution in [2.75, 3.05) is 10.7 Å². The summed E-state index contributed by atoms with van der Waals surface area (Å²) in [5.41, 5.74) is 1.85. The van der Waals surface area contributed by atoms with Gasteiger partial charge in [0.2, 0.25) is 5.91 Å². The van der Waals surface area contributed by atoms with Crippen LogP contribution >= 0.6 is 11.8 Å². The number of hydrogen-bond donors (Lipinski definition) is 1. The number of nitrogens with zero attached hydrogens (tertiary/aromatic N) is 2. The minimum absolute atomic E-state index is 0.112. The van der Waals surface area contributed by atoms with Gasteiger partial charge >= 0.3 is 6.09 Å². The lowest BCUT2D eigenvalue weighted by molar-refractivity contribution is -0.115. The highest BCUT2D eigenvalue weighted by molar-refractivity contribution is 8.15. The van der Waals surface area contributed by atoms with Gasteiger partial charge in [-0.1, -0.05) is 42.8 Å². The Morgan fingerprint density at radius 2 is 2.14 bits per heavy atom. The highest BCUT2D eigenvalue weighted by Gasteiger charge is 2.32. The van der Waals surface area contributed by atoms with Gasteiger partial charge in [0.25, 0.3) is 0 Å². The molecule has 0 aromatic heterocycles. The van der Waals surface area contributed by atoms with Crippen LogP contribution in [0.2, 0.25) is 0 Å². The summed E-state index contributed by atoms with van der Waals surface area (Å²) in [5, 5.41) is 9.10. The van der Waals surface area contributed by atoms with Crippen LogP contribution < -0.4 is 4.90 Å². The van der Waals surface area contributed by atoms with E-state index in [2.05, 4.69) is 4.99 Å². The normalized spacial score (nSPS) is 20.3. The maximum atomic E-state index is 12.1. The van der Waals surface area contributed by atoms with Crippen molar-refractivity contribution in [1.29, 1.82) is 0 Å². The van der Waals surface area contributed by atoms with Crippen LogP contribution in [0.5, 0.6) is 0 Å². The Kier molecular flexibility index (Phi) is 3.96. The average Bonchev–Trinajstić information content (AvgIpc) is 3.21. The monoisotopic (exact) mass is 304 g/mol. The quantitative estimate of drug-likeness (QED) is 0.927. The third-order valence-electron chi connectivity index (χ3n) is 3.71. The number of hydrogen-bond acceptors (Lipinski definition) is 3. The molecular formula is C15H16N2O3S. The van der Waals surface area contributed by atoms with E-state index < -0.39 is 6.09 Å². The van der Waals surface area contributed by atoms with Gasteiger partial charge in [0.15, 0.2) is 5.17 Å². The molecule has 1 aromatic carbocycles. The molecule has 0 spiro atoms. The molecule has 0 radical (unpaired) electrons. The van der Waals surface area contributed by atoms with Gasteiger partial charge in [-0.15, -0.1) is 0 Å². The number of aryl methyl sites for hydroxylation is 1. The molecule has 1 aliphatic heterocycles. The van der Waals surface area contributed by atoms with E-state index in [9.17, 15) is 9.59 Å². The van der Waals surface area contributed by atoms with Crippen molar-refractivity contribution in [2.45, 2.75) is 25.7 Å². The SMILES string of the molecule is O=C(O)N=C1SCC(=O)N1c1ccccc1CCC1CC1. The first-order chi connectivity index (χ1) is 10.1. The predicted octanol–water partition coefficient (Wildman–Crippen LogP) is 3.14. The third-order valence-corrected chi connectivity index (χ3v) is 4.63. The summed E-state index contributed by atoms with van der Waals surface area (Å²) >= 11 is 1.17. The molecule has 1 saturated carbocycles. The van der Waals surface area contributed by atoms with Crippen LogP contribution in [0.4, 0.5) is 10.5 Å². The number of para-hydroxylation sites is 1. The van der Waals surface area contributed by atoms with E-state index in [-0.39, 0.29) is 16.8 Å². The Hall–Kier alpha value is -1.82. The zero-order valence-corrected chi connectivity index (χ0v) is 12.3. The molecule has 2 amide bonds. The summed E-state index contributed by atoms with van der Waals surface area (Å²) in [6, 6.07) is 7.69. The van der Waals surface area contributed by atoms with Gasteiger partial charge in [-0.25, -0.2) is 4.79 Å². The number of carbonyl (C=O) groups excluding carboxylic acids is 1. The van der Waals surface area contributed by atoms with E-state index in [1.807, 2.05) is 24.3 Å². The summed E-state index contributed by atoms with van der Waals surface area (Å²) in [6.07, 6.45) is 3.36. The van der Waals surface area contributed by atoms with E-state index in [4.69, 9.17) is 5.11 Å². The molecule has 0 atom stereocenters.